The van der Waals surface area contributed by atoms with E-state index in [9.17, 15) is 9.18 Å². The summed E-state index contributed by atoms with van der Waals surface area (Å²) >= 11 is 0. The second-order valence-electron chi connectivity index (χ2n) is 3.70. The molecular formula is C12H10FN3O2. The standard InChI is InChI=1S/C12H10FN3O2/c1-6-7(13)2-4-9(15-6)10-5-3-8(14)11(16-10)12(17)18/h2-5H,14H2,1H3,(H,17,18). The molecule has 0 aliphatic carbocycles. The molecule has 0 fully saturated rings. The van der Waals surface area contributed by atoms with Gasteiger partial charge in [-0.25, -0.2) is 19.2 Å². The lowest BCUT2D eigenvalue weighted by atomic mass is 10.2. The lowest BCUT2D eigenvalue weighted by molar-refractivity contribution is 0.0692. The number of aromatic carboxylic acids is 1. The minimum Gasteiger partial charge on any atom is -0.476 e. The molecule has 5 nitrogen and oxygen atoms in total. The van der Waals surface area contributed by atoms with Gasteiger partial charge >= 0.3 is 5.97 Å². The topological polar surface area (TPSA) is 89.1 Å². The summed E-state index contributed by atoms with van der Waals surface area (Å²) in [6, 6.07) is 5.68. The third-order valence-corrected chi connectivity index (χ3v) is 2.41. The van der Waals surface area contributed by atoms with Crippen molar-refractivity contribution in [2.45, 2.75) is 6.92 Å². The molecule has 92 valence electrons. The summed E-state index contributed by atoms with van der Waals surface area (Å²) in [5.41, 5.74) is 6.30. The molecule has 0 aliphatic heterocycles. The van der Waals surface area contributed by atoms with Crippen LogP contribution in [0.15, 0.2) is 24.3 Å². The minimum absolute atomic E-state index is 0.0742. The fourth-order valence-electron chi connectivity index (χ4n) is 1.47. The fourth-order valence-corrected chi connectivity index (χ4v) is 1.47. The maximum Gasteiger partial charge on any atom is 0.356 e. The van der Waals surface area contributed by atoms with Gasteiger partial charge in [-0.15, -0.1) is 0 Å². The number of aryl methyl sites for hydroxylation is 1. The maximum atomic E-state index is 13.1. The van der Waals surface area contributed by atoms with Crippen LogP contribution in [0.2, 0.25) is 0 Å². The molecule has 0 unspecified atom stereocenters. The number of nitrogens with two attached hydrogens (primary N) is 1. The van der Waals surface area contributed by atoms with Crippen LogP contribution in [-0.4, -0.2) is 21.0 Å². The number of halogens is 1. The van der Waals surface area contributed by atoms with Crippen LogP contribution < -0.4 is 5.73 Å². The van der Waals surface area contributed by atoms with Crippen LogP contribution in [-0.2, 0) is 0 Å². The van der Waals surface area contributed by atoms with Crippen molar-refractivity contribution < 1.29 is 14.3 Å². The van der Waals surface area contributed by atoms with E-state index in [1.165, 1.54) is 25.1 Å². The Morgan fingerprint density at radius 3 is 2.44 bits per heavy atom. The zero-order valence-corrected chi connectivity index (χ0v) is 9.51. The highest BCUT2D eigenvalue weighted by molar-refractivity contribution is 5.91. The van der Waals surface area contributed by atoms with Crippen molar-refractivity contribution in [3.05, 3.63) is 41.5 Å². The molecule has 2 rings (SSSR count). The van der Waals surface area contributed by atoms with Crippen LogP contribution in [0.1, 0.15) is 16.2 Å². The predicted molar refractivity (Wildman–Crippen MR) is 63.5 cm³/mol. The molecule has 0 aliphatic rings. The minimum atomic E-state index is -1.21. The van der Waals surface area contributed by atoms with E-state index in [0.29, 0.717) is 11.4 Å². The monoisotopic (exact) mass is 247 g/mol. The van der Waals surface area contributed by atoms with Gasteiger partial charge in [-0.2, -0.15) is 0 Å². The number of anilines is 1. The Kier molecular flexibility index (Phi) is 2.93. The molecule has 0 bridgehead atoms. The lowest BCUT2D eigenvalue weighted by Gasteiger charge is -2.05. The van der Waals surface area contributed by atoms with Gasteiger partial charge in [-0.05, 0) is 31.2 Å². The lowest BCUT2D eigenvalue weighted by Crippen LogP contribution is -2.06. The fraction of sp³-hybridized carbons (Fsp3) is 0.0833. The SMILES string of the molecule is Cc1nc(-c2ccc(N)c(C(=O)O)n2)ccc1F. The van der Waals surface area contributed by atoms with Gasteiger partial charge in [0.25, 0.3) is 0 Å². The normalized spacial score (nSPS) is 10.3. The molecule has 0 radical (unpaired) electrons. The summed E-state index contributed by atoms with van der Waals surface area (Å²) in [6.45, 7) is 1.52. The third-order valence-electron chi connectivity index (χ3n) is 2.41. The number of carboxylic acids is 1. The van der Waals surface area contributed by atoms with E-state index in [1.807, 2.05) is 0 Å². The van der Waals surface area contributed by atoms with E-state index in [1.54, 1.807) is 6.07 Å². The number of rotatable bonds is 2. The Morgan fingerprint density at radius 1 is 1.22 bits per heavy atom. The number of pyridine rings is 2. The van der Waals surface area contributed by atoms with Gasteiger partial charge < -0.3 is 10.8 Å². The van der Waals surface area contributed by atoms with Crippen molar-refractivity contribution in [2.24, 2.45) is 0 Å². The number of nitrogen functional groups attached to an aromatic ring is 1. The Bertz CT molecular complexity index is 629. The van der Waals surface area contributed by atoms with E-state index in [0.717, 1.165) is 0 Å². The molecule has 0 amide bonds. The average molecular weight is 247 g/mol. The van der Waals surface area contributed by atoms with Crippen LogP contribution in [0.3, 0.4) is 0 Å². The van der Waals surface area contributed by atoms with Gasteiger partial charge in [0, 0.05) is 0 Å². The number of hydrogen-bond donors (Lipinski definition) is 2. The molecule has 0 spiro atoms. The van der Waals surface area contributed by atoms with Gasteiger partial charge in [0.1, 0.15) is 5.82 Å². The smallest absolute Gasteiger partial charge is 0.356 e. The van der Waals surface area contributed by atoms with Crippen molar-refractivity contribution in [3.8, 4) is 11.4 Å². The number of carboxylic acid groups (broad SMARTS) is 1. The van der Waals surface area contributed by atoms with Crippen molar-refractivity contribution in [1.82, 2.24) is 9.97 Å². The summed E-state index contributed by atoms with van der Waals surface area (Å²) in [5.74, 6) is -1.64. The second-order valence-corrected chi connectivity index (χ2v) is 3.70. The first-order valence-electron chi connectivity index (χ1n) is 5.12. The molecule has 3 N–H and O–H groups in total. The highest BCUT2D eigenvalue weighted by Gasteiger charge is 2.12. The summed E-state index contributed by atoms with van der Waals surface area (Å²) < 4.78 is 13.1. The van der Waals surface area contributed by atoms with Crippen LogP contribution in [0.4, 0.5) is 10.1 Å². The van der Waals surface area contributed by atoms with Gasteiger partial charge in [0.05, 0.1) is 22.8 Å². The molecule has 0 atom stereocenters. The van der Waals surface area contributed by atoms with Gasteiger partial charge in [0.15, 0.2) is 5.69 Å². The van der Waals surface area contributed by atoms with E-state index in [-0.39, 0.29) is 17.1 Å². The predicted octanol–water partition coefficient (Wildman–Crippen LogP) is 1.87. The van der Waals surface area contributed by atoms with E-state index in [2.05, 4.69) is 9.97 Å². The van der Waals surface area contributed by atoms with Crippen LogP contribution in [0.5, 0.6) is 0 Å². The first kappa shape index (κ1) is 12.0. The van der Waals surface area contributed by atoms with Gasteiger partial charge in [-0.3, -0.25) is 0 Å². The Balaban J connectivity index is 2.54. The largest absolute Gasteiger partial charge is 0.476 e. The molecule has 2 aromatic rings. The summed E-state index contributed by atoms with van der Waals surface area (Å²) in [7, 11) is 0. The van der Waals surface area contributed by atoms with Crippen molar-refractivity contribution >= 4 is 11.7 Å². The highest BCUT2D eigenvalue weighted by atomic mass is 19.1. The van der Waals surface area contributed by atoms with Crippen molar-refractivity contribution in [1.29, 1.82) is 0 Å². The molecule has 0 saturated carbocycles. The first-order valence-corrected chi connectivity index (χ1v) is 5.12. The van der Waals surface area contributed by atoms with Gasteiger partial charge in [0.2, 0.25) is 0 Å². The Labute approximate surface area is 102 Å². The van der Waals surface area contributed by atoms with E-state index >= 15 is 0 Å². The molecule has 6 heteroatoms. The molecular weight excluding hydrogens is 237 g/mol. The highest BCUT2D eigenvalue weighted by Crippen LogP contribution is 2.19. The van der Waals surface area contributed by atoms with Gasteiger partial charge in [-0.1, -0.05) is 0 Å². The molecule has 0 saturated heterocycles. The molecule has 18 heavy (non-hydrogen) atoms. The molecule has 0 aromatic carbocycles. The number of nitrogens with zero attached hydrogens (tertiary/aromatic N) is 2. The Hall–Kier alpha value is -2.50. The maximum absolute atomic E-state index is 13.1. The van der Waals surface area contributed by atoms with Crippen LogP contribution >= 0.6 is 0 Å². The number of carbonyl (C=O) groups is 1. The molecule has 2 heterocycles. The number of aromatic nitrogens is 2. The van der Waals surface area contributed by atoms with E-state index in [4.69, 9.17) is 10.8 Å². The third kappa shape index (κ3) is 2.13. The van der Waals surface area contributed by atoms with Crippen molar-refractivity contribution in [3.63, 3.8) is 0 Å². The Morgan fingerprint density at radius 2 is 1.83 bits per heavy atom. The van der Waals surface area contributed by atoms with Crippen molar-refractivity contribution in [2.75, 3.05) is 5.73 Å². The summed E-state index contributed by atoms with van der Waals surface area (Å²) in [6.07, 6.45) is 0. The molecule has 2 aromatic heterocycles. The number of hydrogen-bond acceptors (Lipinski definition) is 4. The summed E-state index contributed by atoms with van der Waals surface area (Å²) in [5, 5.41) is 8.91. The van der Waals surface area contributed by atoms with E-state index < -0.39 is 11.8 Å². The quantitative estimate of drug-likeness (QED) is 0.845. The second kappa shape index (κ2) is 4.40. The van der Waals surface area contributed by atoms with Crippen LogP contribution in [0, 0.1) is 12.7 Å². The first-order chi connectivity index (χ1) is 8.49. The summed E-state index contributed by atoms with van der Waals surface area (Å²) in [4.78, 5) is 18.8. The zero-order chi connectivity index (χ0) is 13.3. The van der Waals surface area contributed by atoms with Crippen LogP contribution in [0.25, 0.3) is 11.4 Å². The average Bonchev–Trinajstić information content (AvgIpc) is 2.33. The zero-order valence-electron chi connectivity index (χ0n) is 9.51.